The molecule has 0 aromatic heterocycles. The summed E-state index contributed by atoms with van der Waals surface area (Å²) in [5.74, 6) is 1.46. The third kappa shape index (κ3) is 4.08. The number of phenols is 3. The van der Waals surface area contributed by atoms with Gasteiger partial charge in [-0.15, -0.1) is 0 Å². The zero-order valence-corrected chi connectivity index (χ0v) is 23.5. The number of benzene rings is 8. The molecule has 8 aromatic rings. The lowest BCUT2D eigenvalue weighted by Crippen LogP contribution is -1.93. The van der Waals surface area contributed by atoms with E-state index in [0.29, 0.717) is 28.2 Å². The van der Waals surface area contributed by atoms with Crippen LogP contribution < -0.4 is 4.74 Å². The van der Waals surface area contributed by atoms with E-state index in [1.807, 2.05) is 121 Å². The van der Waals surface area contributed by atoms with Gasteiger partial charge in [0, 0.05) is 22.3 Å². The molecule has 0 spiro atoms. The molecule has 4 heteroatoms. The van der Waals surface area contributed by atoms with E-state index in [-0.39, 0.29) is 17.2 Å². The van der Waals surface area contributed by atoms with Gasteiger partial charge in [-0.05, 0) is 79.5 Å². The third-order valence-electron chi connectivity index (χ3n) is 8.40. The maximum atomic E-state index is 11.3. The Labute approximate surface area is 253 Å². The average Bonchev–Trinajstić information content (AvgIpc) is 3.05. The largest absolute Gasteiger partial charge is 0.507 e. The monoisotopic (exact) mass is 570 g/mol. The summed E-state index contributed by atoms with van der Waals surface area (Å²) in [5.41, 5.74) is 2.60. The van der Waals surface area contributed by atoms with Crippen molar-refractivity contribution in [2.45, 2.75) is 0 Å². The molecule has 0 heterocycles. The summed E-state index contributed by atoms with van der Waals surface area (Å²) in [6.07, 6.45) is 0. The second kappa shape index (κ2) is 10.1. The summed E-state index contributed by atoms with van der Waals surface area (Å²) in [6.45, 7) is 0. The molecule has 8 rings (SSSR count). The summed E-state index contributed by atoms with van der Waals surface area (Å²) in [4.78, 5) is 0. The van der Waals surface area contributed by atoms with Crippen molar-refractivity contribution in [3.05, 3.63) is 140 Å². The van der Waals surface area contributed by atoms with E-state index in [9.17, 15) is 15.3 Å². The third-order valence-corrected chi connectivity index (χ3v) is 8.40. The molecular weight excluding hydrogens is 544 g/mol. The molecular formula is C40H26O4. The highest BCUT2D eigenvalue weighted by molar-refractivity contribution is 6.11. The van der Waals surface area contributed by atoms with Gasteiger partial charge in [-0.1, -0.05) is 103 Å². The predicted molar refractivity (Wildman–Crippen MR) is 179 cm³/mol. The van der Waals surface area contributed by atoms with Gasteiger partial charge in [0.25, 0.3) is 0 Å². The first-order chi connectivity index (χ1) is 21.6. The highest BCUT2D eigenvalue weighted by Crippen LogP contribution is 2.48. The van der Waals surface area contributed by atoms with Crippen LogP contribution >= 0.6 is 0 Å². The Hall–Kier alpha value is -6.00. The van der Waals surface area contributed by atoms with Crippen LogP contribution in [-0.2, 0) is 0 Å². The van der Waals surface area contributed by atoms with Gasteiger partial charge in [-0.25, -0.2) is 0 Å². The van der Waals surface area contributed by atoms with Crippen LogP contribution in [-0.4, -0.2) is 15.3 Å². The Balaban J connectivity index is 1.36. The van der Waals surface area contributed by atoms with Crippen molar-refractivity contribution in [2.75, 3.05) is 0 Å². The van der Waals surface area contributed by atoms with Crippen molar-refractivity contribution < 1.29 is 20.1 Å². The van der Waals surface area contributed by atoms with Crippen molar-refractivity contribution in [1.82, 2.24) is 0 Å². The van der Waals surface area contributed by atoms with Gasteiger partial charge in [0.05, 0.1) is 0 Å². The molecule has 0 aliphatic rings. The topological polar surface area (TPSA) is 69.9 Å². The number of phenolic OH excluding ortho intramolecular Hbond substituents is 3. The normalized spacial score (nSPS) is 11.5. The fourth-order valence-electron chi connectivity index (χ4n) is 6.38. The van der Waals surface area contributed by atoms with Gasteiger partial charge in [0.1, 0.15) is 28.7 Å². The van der Waals surface area contributed by atoms with E-state index in [1.165, 1.54) is 0 Å². The van der Waals surface area contributed by atoms with E-state index in [2.05, 4.69) is 0 Å². The van der Waals surface area contributed by atoms with Crippen molar-refractivity contribution in [2.24, 2.45) is 0 Å². The molecule has 0 unspecified atom stereocenters. The van der Waals surface area contributed by atoms with Crippen LogP contribution in [0, 0.1) is 0 Å². The molecule has 0 atom stereocenters. The molecule has 44 heavy (non-hydrogen) atoms. The van der Waals surface area contributed by atoms with Crippen LogP contribution in [0.25, 0.3) is 65.3 Å². The van der Waals surface area contributed by atoms with Gasteiger partial charge in [-0.2, -0.15) is 0 Å². The maximum Gasteiger partial charge on any atom is 0.136 e. The molecule has 8 aromatic carbocycles. The van der Waals surface area contributed by atoms with E-state index in [0.717, 1.165) is 48.7 Å². The van der Waals surface area contributed by atoms with Gasteiger partial charge in [-0.3, -0.25) is 0 Å². The molecule has 210 valence electrons. The summed E-state index contributed by atoms with van der Waals surface area (Å²) in [7, 11) is 0. The van der Waals surface area contributed by atoms with E-state index < -0.39 is 0 Å². The Bertz CT molecular complexity index is 2410. The minimum atomic E-state index is 0.0633. The Morgan fingerprint density at radius 1 is 0.341 bits per heavy atom. The highest BCUT2D eigenvalue weighted by atomic mass is 16.5. The lowest BCUT2D eigenvalue weighted by Gasteiger charge is -2.18. The first kappa shape index (κ1) is 25.7. The smallest absolute Gasteiger partial charge is 0.136 e. The summed E-state index contributed by atoms with van der Waals surface area (Å²) in [5, 5.41) is 40.8. The zero-order chi connectivity index (χ0) is 29.8. The minimum absolute atomic E-state index is 0.0633. The minimum Gasteiger partial charge on any atom is -0.507 e. The Morgan fingerprint density at radius 3 is 1.27 bits per heavy atom. The predicted octanol–water partition coefficient (Wildman–Crippen LogP) is 10.5. The van der Waals surface area contributed by atoms with Crippen LogP contribution in [0.3, 0.4) is 0 Å². The molecule has 0 amide bonds. The Kier molecular flexibility index (Phi) is 5.88. The number of fused-ring (bicyclic) bond motifs is 4. The lowest BCUT2D eigenvalue weighted by molar-refractivity contribution is 0.470. The van der Waals surface area contributed by atoms with Crippen LogP contribution in [0.15, 0.2) is 140 Å². The van der Waals surface area contributed by atoms with Gasteiger partial charge < -0.3 is 20.1 Å². The molecule has 0 aliphatic heterocycles. The molecule has 0 aliphatic carbocycles. The van der Waals surface area contributed by atoms with Gasteiger partial charge >= 0.3 is 0 Å². The highest BCUT2D eigenvalue weighted by Gasteiger charge is 2.20. The van der Waals surface area contributed by atoms with Crippen LogP contribution in [0.1, 0.15) is 0 Å². The van der Waals surface area contributed by atoms with Crippen LogP contribution in [0.2, 0.25) is 0 Å². The number of aromatic hydroxyl groups is 3. The maximum absolute atomic E-state index is 11.3. The quantitative estimate of drug-likeness (QED) is 0.197. The lowest BCUT2D eigenvalue weighted by atomic mass is 9.92. The summed E-state index contributed by atoms with van der Waals surface area (Å²) >= 11 is 0. The van der Waals surface area contributed by atoms with Gasteiger partial charge in [0.15, 0.2) is 0 Å². The van der Waals surface area contributed by atoms with E-state index >= 15 is 0 Å². The van der Waals surface area contributed by atoms with Crippen LogP contribution in [0.4, 0.5) is 0 Å². The number of hydrogen-bond acceptors (Lipinski definition) is 4. The second-order valence-electron chi connectivity index (χ2n) is 11.0. The van der Waals surface area contributed by atoms with Crippen molar-refractivity contribution in [3.8, 4) is 51.0 Å². The first-order valence-electron chi connectivity index (χ1n) is 14.4. The van der Waals surface area contributed by atoms with Crippen molar-refractivity contribution in [3.63, 3.8) is 0 Å². The van der Waals surface area contributed by atoms with Crippen molar-refractivity contribution in [1.29, 1.82) is 0 Å². The Morgan fingerprint density at radius 2 is 0.727 bits per heavy atom. The first-order valence-corrected chi connectivity index (χ1v) is 14.4. The van der Waals surface area contributed by atoms with Crippen molar-refractivity contribution >= 4 is 43.1 Å². The molecule has 0 bridgehead atoms. The zero-order valence-electron chi connectivity index (χ0n) is 23.5. The molecule has 0 radical (unpaired) electrons. The number of ether oxygens (including phenoxy) is 1. The number of hydrogen-bond donors (Lipinski definition) is 3. The fourth-order valence-corrected chi connectivity index (χ4v) is 6.38. The van der Waals surface area contributed by atoms with Gasteiger partial charge in [0.2, 0.25) is 0 Å². The second-order valence-corrected chi connectivity index (χ2v) is 11.0. The molecule has 0 saturated heterocycles. The summed E-state index contributed by atoms with van der Waals surface area (Å²) in [6, 6.07) is 44.3. The molecule has 0 saturated carbocycles. The summed E-state index contributed by atoms with van der Waals surface area (Å²) < 4.78 is 6.68. The molecule has 3 N–H and O–H groups in total. The molecule has 4 nitrogen and oxygen atoms in total. The van der Waals surface area contributed by atoms with Crippen LogP contribution in [0.5, 0.6) is 28.7 Å². The molecule has 0 fully saturated rings. The fraction of sp³-hybridized carbons (Fsp3) is 0. The standard InChI is InChI=1S/C40H26O4/c41-33-19-14-24-7-1-4-10-29(24)37(33)39-32-23-28(18-13-27(32)16-21-35(39)43)44-36-22-17-26-9-3-6-12-31(26)40(36)38-30-11-5-2-8-25(30)15-20-34(38)42/h1-23,41-43H. The van der Waals surface area contributed by atoms with E-state index in [4.69, 9.17) is 4.74 Å². The number of rotatable bonds is 4. The SMILES string of the molecule is Oc1ccc2ccccc2c1-c1c(O)ccc2ccc(Oc3ccc4ccccc4c3-c3c(O)ccc4ccccc34)cc12. The average molecular weight is 571 g/mol. The van der Waals surface area contributed by atoms with E-state index in [1.54, 1.807) is 18.2 Å².